The minimum Gasteiger partial charge on any atom is -0.469 e. The van der Waals surface area contributed by atoms with Crippen molar-refractivity contribution in [2.24, 2.45) is 5.92 Å². The van der Waals surface area contributed by atoms with Crippen LogP contribution in [-0.2, 0) is 9.53 Å². The maximum absolute atomic E-state index is 11.5. The second-order valence-corrected chi connectivity index (χ2v) is 5.62. The predicted octanol–water partition coefficient (Wildman–Crippen LogP) is 2.91. The second-order valence-electron chi connectivity index (χ2n) is 4.29. The molecule has 0 radical (unpaired) electrons. The van der Waals surface area contributed by atoms with Gasteiger partial charge in [0.1, 0.15) is 0 Å². The van der Waals surface area contributed by atoms with Gasteiger partial charge in [-0.2, -0.15) is 0 Å². The third-order valence-electron chi connectivity index (χ3n) is 3.09. The Labute approximate surface area is 106 Å². The topological polar surface area (TPSA) is 39.2 Å². The molecule has 3 nitrogen and oxygen atoms in total. The van der Waals surface area contributed by atoms with Crippen LogP contribution < -0.4 is 0 Å². The lowest BCUT2D eigenvalue weighted by Gasteiger charge is -2.26. The highest BCUT2D eigenvalue weighted by Gasteiger charge is 2.28. The van der Waals surface area contributed by atoms with E-state index in [0.717, 1.165) is 30.7 Å². The summed E-state index contributed by atoms with van der Waals surface area (Å²) < 4.78 is 4.82. The molecule has 0 unspecified atom stereocenters. The smallest absolute Gasteiger partial charge is 0.308 e. The molecule has 1 saturated carbocycles. The molecule has 1 fully saturated rings. The summed E-state index contributed by atoms with van der Waals surface area (Å²) in [7, 11) is 1.47. The average Bonchev–Trinajstić information content (AvgIpc) is 2.39. The molecule has 1 aromatic rings. The summed E-state index contributed by atoms with van der Waals surface area (Å²) in [6.07, 6.45) is 5.95. The minimum absolute atomic E-state index is 0.0590. The number of esters is 1. The van der Waals surface area contributed by atoms with Crippen LogP contribution in [0.5, 0.6) is 0 Å². The zero-order valence-electron chi connectivity index (χ0n) is 9.96. The normalized spacial score (nSPS) is 24.3. The van der Waals surface area contributed by atoms with Gasteiger partial charge in [-0.3, -0.25) is 4.79 Å². The van der Waals surface area contributed by atoms with E-state index in [-0.39, 0.29) is 11.9 Å². The molecule has 1 aromatic heterocycles. The van der Waals surface area contributed by atoms with Crippen LogP contribution in [0.25, 0.3) is 0 Å². The summed E-state index contributed by atoms with van der Waals surface area (Å²) in [4.78, 5) is 15.8. The molecule has 17 heavy (non-hydrogen) atoms. The first-order valence-electron chi connectivity index (χ1n) is 5.95. The third-order valence-corrected chi connectivity index (χ3v) is 4.33. The van der Waals surface area contributed by atoms with E-state index in [1.54, 1.807) is 11.8 Å². The molecule has 2 atom stereocenters. The fourth-order valence-electron chi connectivity index (χ4n) is 2.22. The van der Waals surface area contributed by atoms with Gasteiger partial charge >= 0.3 is 5.97 Å². The molecule has 1 heterocycles. The lowest BCUT2D eigenvalue weighted by molar-refractivity contribution is -0.146. The standard InChI is InChI=1S/C13H17NO2S/c1-16-13(15)10-5-4-6-11(9-10)17-12-7-2-3-8-14-12/h2-3,7-8,10-11H,4-6,9H2,1H3/t10-,11-/m1/s1. The van der Waals surface area contributed by atoms with E-state index in [4.69, 9.17) is 4.74 Å². The largest absolute Gasteiger partial charge is 0.469 e. The van der Waals surface area contributed by atoms with Crippen LogP contribution in [0, 0.1) is 5.92 Å². The number of carbonyl (C=O) groups is 1. The Balaban J connectivity index is 1.92. The molecule has 0 aliphatic heterocycles. The Morgan fingerprint density at radius 3 is 3.06 bits per heavy atom. The number of thioether (sulfide) groups is 1. The van der Waals surface area contributed by atoms with Crippen LogP contribution in [0.15, 0.2) is 29.4 Å². The number of nitrogens with zero attached hydrogens (tertiary/aromatic N) is 1. The van der Waals surface area contributed by atoms with Crippen LogP contribution >= 0.6 is 11.8 Å². The number of hydrogen-bond donors (Lipinski definition) is 0. The summed E-state index contributed by atoms with van der Waals surface area (Å²) >= 11 is 1.78. The molecule has 92 valence electrons. The van der Waals surface area contributed by atoms with Gasteiger partial charge in [-0.05, 0) is 31.4 Å². The molecule has 0 amide bonds. The van der Waals surface area contributed by atoms with Gasteiger partial charge in [0.25, 0.3) is 0 Å². The number of ether oxygens (including phenoxy) is 1. The Bertz CT molecular complexity index is 369. The maximum atomic E-state index is 11.5. The molecule has 0 spiro atoms. The van der Waals surface area contributed by atoms with Gasteiger partial charge in [0.2, 0.25) is 0 Å². The number of methoxy groups -OCH3 is 1. The number of carbonyl (C=O) groups excluding carboxylic acids is 1. The van der Waals surface area contributed by atoms with Gasteiger partial charge < -0.3 is 4.74 Å². The van der Waals surface area contributed by atoms with Crippen LogP contribution in [0.4, 0.5) is 0 Å². The van der Waals surface area contributed by atoms with Crippen molar-refractivity contribution in [3.63, 3.8) is 0 Å². The summed E-state index contributed by atoms with van der Waals surface area (Å²) in [6, 6.07) is 5.94. The molecule has 1 aliphatic rings. The zero-order valence-corrected chi connectivity index (χ0v) is 10.8. The Morgan fingerprint density at radius 2 is 2.35 bits per heavy atom. The van der Waals surface area contributed by atoms with Gasteiger partial charge in [-0.15, -0.1) is 11.8 Å². The molecular formula is C13H17NO2S. The van der Waals surface area contributed by atoms with Crippen molar-refractivity contribution >= 4 is 17.7 Å². The molecule has 1 aliphatic carbocycles. The average molecular weight is 251 g/mol. The number of hydrogen-bond acceptors (Lipinski definition) is 4. The zero-order chi connectivity index (χ0) is 12.1. The highest BCUT2D eigenvalue weighted by Crippen LogP contribution is 2.35. The maximum Gasteiger partial charge on any atom is 0.308 e. The highest BCUT2D eigenvalue weighted by atomic mass is 32.2. The van der Waals surface area contributed by atoms with E-state index in [9.17, 15) is 4.79 Å². The summed E-state index contributed by atoms with van der Waals surface area (Å²) in [5.74, 6) is 0.0197. The van der Waals surface area contributed by atoms with Gasteiger partial charge in [0.05, 0.1) is 18.1 Å². The lowest BCUT2D eigenvalue weighted by atomic mass is 9.89. The van der Waals surface area contributed by atoms with Crippen molar-refractivity contribution in [1.82, 2.24) is 4.98 Å². The van der Waals surface area contributed by atoms with E-state index >= 15 is 0 Å². The van der Waals surface area contributed by atoms with E-state index in [2.05, 4.69) is 4.98 Å². The second kappa shape index (κ2) is 6.05. The van der Waals surface area contributed by atoms with E-state index < -0.39 is 0 Å². The van der Waals surface area contributed by atoms with Crippen molar-refractivity contribution < 1.29 is 9.53 Å². The minimum atomic E-state index is -0.0590. The lowest BCUT2D eigenvalue weighted by Crippen LogP contribution is -2.25. The monoisotopic (exact) mass is 251 g/mol. The first kappa shape index (κ1) is 12.4. The molecule has 0 bridgehead atoms. The van der Waals surface area contributed by atoms with Crippen LogP contribution in [0.2, 0.25) is 0 Å². The Morgan fingerprint density at radius 1 is 1.47 bits per heavy atom. The SMILES string of the molecule is COC(=O)[C@@H]1CCC[C@@H](Sc2ccccn2)C1. The van der Waals surface area contributed by atoms with Crippen molar-refractivity contribution in [2.45, 2.75) is 36.0 Å². The highest BCUT2D eigenvalue weighted by molar-refractivity contribution is 7.99. The number of pyridine rings is 1. The predicted molar refractivity (Wildman–Crippen MR) is 67.9 cm³/mol. The van der Waals surface area contributed by atoms with Gasteiger partial charge in [0.15, 0.2) is 0 Å². The molecule has 0 aromatic carbocycles. The van der Waals surface area contributed by atoms with Crippen molar-refractivity contribution in [3.05, 3.63) is 24.4 Å². The van der Waals surface area contributed by atoms with Crippen molar-refractivity contribution in [2.75, 3.05) is 7.11 Å². The molecule has 2 rings (SSSR count). The Hall–Kier alpha value is -1.03. The molecule has 0 N–H and O–H groups in total. The Kier molecular flexibility index (Phi) is 4.42. The summed E-state index contributed by atoms with van der Waals surface area (Å²) in [5, 5.41) is 1.53. The van der Waals surface area contributed by atoms with Crippen molar-refractivity contribution in [1.29, 1.82) is 0 Å². The van der Waals surface area contributed by atoms with Gasteiger partial charge in [-0.1, -0.05) is 12.5 Å². The van der Waals surface area contributed by atoms with E-state index in [1.165, 1.54) is 7.11 Å². The van der Waals surface area contributed by atoms with Crippen LogP contribution in [0.1, 0.15) is 25.7 Å². The fraction of sp³-hybridized carbons (Fsp3) is 0.538. The van der Waals surface area contributed by atoms with Crippen molar-refractivity contribution in [3.8, 4) is 0 Å². The molecule has 4 heteroatoms. The first-order valence-corrected chi connectivity index (χ1v) is 6.83. The summed E-state index contributed by atoms with van der Waals surface area (Å²) in [5.41, 5.74) is 0. The van der Waals surface area contributed by atoms with E-state index in [0.29, 0.717) is 5.25 Å². The quantitative estimate of drug-likeness (QED) is 0.774. The van der Waals surface area contributed by atoms with Crippen LogP contribution in [0.3, 0.4) is 0 Å². The number of aromatic nitrogens is 1. The summed E-state index contributed by atoms with van der Waals surface area (Å²) in [6.45, 7) is 0. The first-order chi connectivity index (χ1) is 8.29. The third kappa shape index (κ3) is 3.46. The van der Waals surface area contributed by atoms with Gasteiger partial charge in [0, 0.05) is 11.4 Å². The molecular weight excluding hydrogens is 234 g/mol. The van der Waals surface area contributed by atoms with Gasteiger partial charge in [-0.25, -0.2) is 4.98 Å². The fourth-order valence-corrected chi connectivity index (χ4v) is 3.45. The number of rotatable bonds is 3. The molecule has 0 saturated heterocycles. The van der Waals surface area contributed by atoms with E-state index in [1.807, 2.05) is 24.4 Å². The van der Waals surface area contributed by atoms with Crippen LogP contribution in [-0.4, -0.2) is 23.3 Å².